The Morgan fingerprint density at radius 2 is 1.64 bits per heavy atom. The van der Waals surface area contributed by atoms with E-state index in [4.69, 9.17) is 0 Å². The van der Waals surface area contributed by atoms with Crippen LogP contribution in [0.4, 0.5) is 0 Å². The number of unbranched alkanes of at least 4 members (excludes halogenated alkanes) is 1. The summed E-state index contributed by atoms with van der Waals surface area (Å²) in [4.78, 5) is 0. The minimum atomic E-state index is 0.796. The molecule has 0 aromatic heterocycles. The summed E-state index contributed by atoms with van der Waals surface area (Å²) in [5, 5.41) is 0. The zero-order valence-electron chi connectivity index (χ0n) is 10.4. The van der Waals surface area contributed by atoms with Crippen molar-refractivity contribution < 1.29 is 0 Å². The topological polar surface area (TPSA) is 0 Å². The minimum absolute atomic E-state index is 0.796. The lowest BCUT2D eigenvalue weighted by atomic mass is 9.57. The van der Waals surface area contributed by atoms with E-state index in [1.54, 1.807) is 12.8 Å². The monoisotopic (exact) mass is 196 g/mol. The zero-order chi connectivity index (χ0) is 10.4. The van der Waals surface area contributed by atoms with Crippen molar-refractivity contribution in [3.63, 3.8) is 0 Å². The van der Waals surface area contributed by atoms with Crippen LogP contribution in [0.3, 0.4) is 0 Å². The summed E-state index contributed by atoms with van der Waals surface area (Å²) in [6.07, 6.45) is 13.2. The van der Waals surface area contributed by atoms with E-state index >= 15 is 0 Å². The van der Waals surface area contributed by atoms with E-state index < -0.39 is 0 Å². The van der Waals surface area contributed by atoms with Crippen LogP contribution >= 0.6 is 0 Å². The minimum Gasteiger partial charge on any atom is -0.0654 e. The molecule has 1 aliphatic carbocycles. The largest absolute Gasteiger partial charge is 0.0654 e. The Kier molecular flexibility index (Phi) is 4.98. The fourth-order valence-electron chi connectivity index (χ4n) is 3.39. The first-order valence-corrected chi connectivity index (χ1v) is 6.76. The molecule has 0 heterocycles. The Bertz CT molecular complexity index is 142. The Morgan fingerprint density at radius 1 is 0.929 bits per heavy atom. The van der Waals surface area contributed by atoms with Crippen LogP contribution in [0, 0.1) is 11.3 Å². The van der Waals surface area contributed by atoms with Gasteiger partial charge in [-0.1, -0.05) is 52.9 Å². The van der Waals surface area contributed by atoms with Gasteiger partial charge in [-0.05, 0) is 37.0 Å². The third kappa shape index (κ3) is 3.00. The standard InChI is InChI=1S/C14H28/c1-4-7-10-14(9-6-3)11-13(12-14)8-5-2/h13H,4-12H2,1-3H3. The molecular weight excluding hydrogens is 168 g/mol. The molecule has 0 spiro atoms. The van der Waals surface area contributed by atoms with Crippen molar-refractivity contribution >= 4 is 0 Å². The van der Waals surface area contributed by atoms with Crippen molar-refractivity contribution in [3.05, 3.63) is 0 Å². The molecule has 0 bridgehead atoms. The second-order valence-corrected chi connectivity index (χ2v) is 5.42. The lowest BCUT2D eigenvalue weighted by Gasteiger charge is -2.48. The highest BCUT2D eigenvalue weighted by Gasteiger charge is 2.41. The molecule has 0 heteroatoms. The van der Waals surface area contributed by atoms with Gasteiger partial charge in [0.2, 0.25) is 0 Å². The van der Waals surface area contributed by atoms with Crippen LogP contribution in [-0.2, 0) is 0 Å². The van der Waals surface area contributed by atoms with Gasteiger partial charge in [0.1, 0.15) is 0 Å². The SMILES string of the molecule is CCCCC1(CCC)CC(CCC)C1. The molecule has 1 saturated carbocycles. The Morgan fingerprint density at radius 3 is 2.14 bits per heavy atom. The van der Waals surface area contributed by atoms with Gasteiger partial charge in [0.25, 0.3) is 0 Å². The Hall–Kier alpha value is 0. The molecule has 0 nitrogen and oxygen atoms in total. The van der Waals surface area contributed by atoms with Crippen molar-refractivity contribution in [2.75, 3.05) is 0 Å². The van der Waals surface area contributed by atoms with Crippen molar-refractivity contribution in [3.8, 4) is 0 Å². The highest BCUT2D eigenvalue weighted by Crippen LogP contribution is 2.53. The maximum absolute atomic E-state index is 2.35. The molecule has 1 fully saturated rings. The third-order valence-corrected chi connectivity index (χ3v) is 3.98. The summed E-state index contributed by atoms with van der Waals surface area (Å²) >= 11 is 0. The zero-order valence-corrected chi connectivity index (χ0v) is 10.4. The number of rotatable bonds is 7. The van der Waals surface area contributed by atoms with Gasteiger partial charge in [0.15, 0.2) is 0 Å². The summed E-state index contributed by atoms with van der Waals surface area (Å²) in [7, 11) is 0. The predicted octanol–water partition coefficient (Wildman–Crippen LogP) is 5.17. The Labute approximate surface area is 90.5 Å². The average Bonchev–Trinajstić information content (AvgIpc) is 2.12. The predicted molar refractivity (Wildman–Crippen MR) is 64.5 cm³/mol. The fraction of sp³-hybridized carbons (Fsp3) is 1.00. The normalized spacial score (nSPS) is 31.5. The summed E-state index contributed by atoms with van der Waals surface area (Å²) in [6, 6.07) is 0. The van der Waals surface area contributed by atoms with E-state index in [9.17, 15) is 0 Å². The highest BCUT2D eigenvalue weighted by molar-refractivity contribution is 4.92. The van der Waals surface area contributed by atoms with E-state index in [1.165, 1.54) is 44.9 Å². The summed E-state index contributed by atoms with van der Waals surface area (Å²) in [6.45, 7) is 6.99. The molecule has 0 N–H and O–H groups in total. The van der Waals surface area contributed by atoms with E-state index in [-0.39, 0.29) is 0 Å². The van der Waals surface area contributed by atoms with Crippen LogP contribution in [0.15, 0.2) is 0 Å². The molecule has 0 atom stereocenters. The molecule has 0 aromatic carbocycles. The van der Waals surface area contributed by atoms with Crippen molar-refractivity contribution in [1.29, 1.82) is 0 Å². The first-order valence-electron chi connectivity index (χ1n) is 6.76. The van der Waals surface area contributed by atoms with Gasteiger partial charge < -0.3 is 0 Å². The molecule has 0 amide bonds. The molecule has 0 unspecified atom stereocenters. The molecule has 0 radical (unpaired) electrons. The van der Waals surface area contributed by atoms with Gasteiger partial charge in [0, 0.05) is 0 Å². The second-order valence-electron chi connectivity index (χ2n) is 5.42. The maximum atomic E-state index is 2.35. The molecule has 0 aliphatic heterocycles. The van der Waals surface area contributed by atoms with E-state index in [1.807, 2.05) is 0 Å². The van der Waals surface area contributed by atoms with E-state index in [0.717, 1.165) is 11.3 Å². The quantitative estimate of drug-likeness (QED) is 0.527. The van der Waals surface area contributed by atoms with Gasteiger partial charge in [-0.15, -0.1) is 0 Å². The van der Waals surface area contributed by atoms with Gasteiger partial charge in [-0.2, -0.15) is 0 Å². The molecule has 0 aromatic rings. The summed E-state index contributed by atoms with van der Waals surface area (Å²) < 4.78 is 0. The average molecular weight is 196 g/mol. The van der Waals surface area contributed by atoms with Crippen molar-refractivity contribution in [2.45, 2.75) is 78.6 Å². The molecule has 0 saturated heterocycles. The Balaban J connectivity index is 2.28. The van der Waals surface area contributed by atoms with E-state index in [2.05, 4.69) is 20.8 Å². The lowest BCUT2D eigenvalue weighted by molar-refractivity contribution is 0.0271. The second kappa shape index (κ2) is 5.78. The van der Waals surface area contributed by atoms with Crippen LogP contribution in [0.2, 0.25) is 0 Å². The van der Waals surface area contributed by atoms with Crippen LogP contribution in [0.1, 0.15) is 78.6 Å². The van der Waals surface area contributed by atoms with Gasteiger partial charge in [0.05, 0.1) is 0 Å². The van der Waals surface area contributed by atoms with Crippen LogP contribution in [0.25, 0.3) is 0 Å². The van der Waals surface area contributed by atoms with Crippen LogP contribution < -0.4 is 0 Å². The first-order chi connectivity index (χ1) is 6.76. The van der Waals surface area contributed by atoms with Crippen LogP contribution in [0.5, 0.6) is 0 Å². The van der Waals surface area contributed by atoms with Gasteiger partial charge in [-0.3, -0.25) is 0 Å². The molecule has 1 rings (SSSR count). The molecule has 84 valence electrons. The highest BCUT2D eigenvalue weighted by atomic mass is 14.5. The summed E-state index contributed by atoms with van der Waals surface area (Å²) in [5.74, 6) is 1.09. The van der Waals surface area contributed by atoms with Crippen molar-refractivity contribution in [1.82, 2.24) is 0 Å². The van der Waals surface area contributed by atoms with Crippen LogP contribution in [-0.4, -0.2) is 0 Å². The van der Waals surface area contributed by atoms with E-state index in [0.29, 0.717) is 0 Å². The third-order valence-electron chi connectivity index (χ3n) is 3.98. The van der Waals surface area contributed by atoms with Crippen molar-refractivity contribution in [2.24, 2.45) is 11.3 Å². The summed E-state index contributed by atoms with van der Waals surface area (Å²) in [5.41, 5.74) is 0.796. The smallest absolute Gasteiger partial charge is 0.0292 e. The van der Waals surface area contributed by atoms with Gasteiger partial charge >= 0.3 is 0 Å². The molecular formula is C14H28. The fourth-order valence-corrected chi connectivity index (χ4v) is 3.39. The molecule has 1 aliphatic rings. The number of hydrogen-bond acceptors (Lipinski definition) is 0. The maximum Gasteiger partial charge on any atom is -0.0292 e. The van der Waals surface area contributed by atoms with Gasteiger partial charge in [-0.25, -0.2) is 0 Å². The first kappa shape index (κ1) is 12.1. The lowest BCUT2D eigenvalue weighted by Crippen LogP contribution is -2.37. The number of hydrogen-bond donors (Lipinski definition) is 0. The molecule has 14 heavy (non-hydrogen) atoms.